The van der Waals surface area contributed by atoms with Gasteiger partial charge in [0.15, 0.2) is 5.16 Å². The van der Waals surface area contributed by atoms with Crippen LogP contribution in [0, 0.1) is 5.82 Å². The zero-order valence-electron chi connectivity index (χ0n) is 11.9. The van der Waals surface area contributed by atoms with Crippen molar-refractivity contribution in [1.82, 2.24) is 9.55 Å². The highest BCUT2D eigenvalue weighted by molar-refractivity contribution is 7.99. The van der Waals surface area contributed by atoms with Crippen molar-refractivity contribution in [3.05, 3.63) is 51.7 Å². The first-order valence-electron chi connectivity index (χ1n) is 7.24. The summed E-state index contributed by atoms with van der Waals surface area (Å²) in [5.74, 6) is 0.536. The Morgan fingerprint density at radius 1 is 1.24 bits per heavy atom. The van der Waals surface area contributed by atoms with E-state index in [9.17, 15) is 9.18 Å². The van der Waals surface area contributed by atoms with Crippen molar-refractivity contribution < 1.29 is 4.39 Å². The van der Waals surface area contributed by atoms with E-state index in [0.717, 1.165) is 42.7 Å². The molecule has 0 spiro atoms. The van der Waals surface area contributed by atoms with Gasteiger partial charge in [-0.05, 0) is 55.7 Å². The molecular weight excluding hydrogens is 287 g/mol. The minimum atomic E-state index is -0.303. The summed E-state index contributed by atoms with van der Waals surface area (Å²) in [5, 5.41) is 0.703. The first kappa shape index (κ1) is 14.3. The number of hydrogen-bond acceptors (Lipinski definition) is 3. The van der Waals surface area contributed by atoms with E-state index in [4.69, 9.17) is 4.98 Å². The molecule has 0 saturated heterocycles. The molecular formula is C16H17FN2OS. The molecule has 0 amide bonds. The normalized spacial score (nSPS) is 14.0. The second-order valence-corrected chi connectivity index (χ2v) is 6.31. The lowest BCUT2D eigenvalue weighted by molar-refractivity contribution is 0.617. The Hall–Kier alpha value is -1.62. The molecule has 1 aliphatic carbocycles. The van der Waals surface area contributed by atoms with Crippen molar-refractivity contribution in [3.63, 3.8) is 0 Å². The predicted molar refractivity (Wildman–Crippen MR) is 82.8 cm³/mol. The smallest absolute Gasteiger partial charge is 0.262 e. The Labute approximate surface area is 127 Å². The molecule has 110 valence electrons. The number of hydrogen-bond donors (Lipinski definition) is 0. The summed E-state index contributed by atoms with van der Waals surface area (Å²) >= 11 is 1.55. The summed E-state index contributed by atoms with van der Waals surface area (Å²) in [6.07, 6.45) is 3.80. The number of fused-ring (bicyclic) bond motifs is 1. The van der Waals surface area contributed by atoms with Crippen LogP contribution in [0.15, 0.2) is 34.2 Å². The van der Waals surface area contributed by atoms with Crippen molar-refractivity contribution in [2.75, 3.05) is 5.75 Å². The Balaban J connectivity index is 2.21. The summed E-state index contributed by atoms with van der Waals surface area (Å²) in [7, 11) is 0. The number of benzene rings is 1. The van der Waals surface area contributed by atoms with Gasteiger partial charge in [-0.25, -0.2) is 9.37 Å². The van der Waals surface area contributed by atoms with Gasteiger partial charge >= 0.3 is 0 Å². The second-order valence-electron chi connectivity index (χ2n) is 5.08. The first-order chi connectivity index (χ1) is 10.2. The number of nitrogens with zero attached hydrogens (tertiary/aromatic N) is 2. The maximum atomic E-state index is 13.1. The van der Waals surface area contributed by atoms with Crippen LogP contribution in [-0.2, 0) is 12.8 Å². The van der Waals surface area contributed by atoms with E-state index in [1.165, 1.54) is 12.1 Å². The van der Waals surface area contributed by atoms with Gasteiger partial charge in [0.1, 0.15) is 5.82 Å². The third kappa shape index (κ3) is 2.75. The van der Waals surface area contributed by atoms with Crippen LogP contribution >= 0.6 is 11.8 Å². The molecule has 0 atom stereocenters. The topological polar surface area (TPSA) is 34.9 Å². The molecule has 0 N–H and O–H groups in total. The van der Waals surface area contributed by atoms with Gasteiger partial charge in [0, 0.05) is 5.56 Å². The summed E-state index contributed by atoms with van der Waals surface area (Å²) in [4.78, 5) is 17.5. The van der Waals surface area contributed by atoms with Crippen LogP contribution in [0.2, 0.25) is 0 Å². The SMILES string of the molecule is CCSc1nc2c(c(=O)n1-c1ccc(F)cc1)CCCC2. The summed E-state index contributed by atoms with van der Waals surface area (Å²) in [5.41, 5.74) is 2.45. The standard InChI is InChI=1S/C16H17FN2OS/c1-2-21-16-18-14-6-4-3-5-13(14)15(20)19(16)12-9-7-11(17)8-10-12/h7-10H,2-6H2,1H3. The van der Waals surface area contributed by atoms with Crippen LogP contribution in [0.1, 0.15) is 31.0 Å². The average Bonchev–Trinajstić information content (AvgIpc) is 2.49. The van der Waals surface area contributed by atoms with E-state index in [1.54, 1.807) is 28.5 Å². The Morgan fingerprint density at radius 3 is 2.67 bits per heavy atom. The lowest BCUT2D eigenvalue weighted by Crippen LogP contribution is -2.29. The molecule has 0 aliphatic heterocycles. The van der Waals surface area contributed by atoms with Crippen LogP contribution in [-0.4, -0.2) is 15.3 Å². The largest absolute Gasteiger partial charge is 0.269 e. The van der Waals surface area contributed by atoms with Crippen molar-refractivity contribution >= 4 is 11.8 Å². The van der Waals surface area contributed by atoms with E-state index in [0.29, 0.717) is 10.8 Å². The maximum Gasteiger partial charge on any atom is 0.262 e. The van der Waals surface area contributed by atoms with Crippen LogP contribution < -0.4 is 5.56 Å². The van der Waals surface area contributed by atoms with Crippen LogP contribution in [0.5, 0.6) is 0 Å². The number of aromatic nitrogens is 2. The zero-order valence-corrected chi connectivity index (χ0v) is 12.8. The molecule has 3 rings (SSSR count). The minimum Gasteiger partial charge on any atom is -0.269 e. The molecule has 1 aliphatic rings. The van der Waals surface area contributed by atoms with Gasteiger partial charge in [0.25, 0.3) is 5.56 Å². The molecule has 1 aromatic carbocycles. The van der Waals surface area contributed by atoms with E-state index < -0.39 is 0 Å². The molecule has 0 fully saturated rings. The molecule has 0 unspecified atom stereocenters. The van der Waals surface area contributed by atoms with Crippen LogP contribution in [0.25, 0.3) is 5.69 Å². The van der Waals surface area contributed by atoms with Gasteiger partial charge in [0.2, 0.25) is 0 Å². The Bertz CT molecular complexity index is 709. The van der Waals surface area contributed by atoms with Crippen molar-refractivity contribution in [3.8, 4) is 5.69 Å². The second kappa shape index (κ2) is 6.02. The first-order valence-corrected chi connectivity index (χ1v) is 8.23. The zero-order chi connectivity index (χ0) is 14.8. The predicted octanol–water partition coefficient (Wildman–Crippen LogP) is 3.36. The van der Waals surface area contributed by atoms with Gasteiger partial charge in [-0.2, -0.15) is 0 Å². The van der Waals surface area contributed by atoms with E-state index in [-0.39, 0.29) is 11.4 Å². The van der Waals surface area contributed by atoms with Crippen molar-refractivity contribution in [2.45, 2.75) is 37.8 Å². The lowest BCUT2D eigenvalue weighted by atomic mass is 9.97. The monoisotopic (exact) mass is 304 g/mol. The maximum absolute atomic E-state index is 13.1. The molecule has 0 radical (unpaired) electrons. The molecule has 1 heterocycles. The lowest BCUT2D eigenvalue weighted by Gasteiger charge is -2.19. The van der Waals surface area contributed by atoms with E-state index in [1.807, 2.05) is 6.92 Å². The van der Waals surface area contributed by atoms with Crippen LogP contribution in [0.3, 0.4) is 0 Å². The van der Waals surface area contributed by atoms with Gasteiger partial charge < -0.3 is 0 Å². The highest BCUT2D eigenvalue weighted by atomic mass is 32.2. The number of rotatable bonds is 3. The molecule has 2 aromatic rings. The molecule has 0 bridgehead atoms. The highest BCUT2D eigenvalue weighted by Crippen LogP contribution is 2.23. The third-order valence-corrected chi connectivity index (χ3v) is 4.50. The number of aryl methyl sites for hydroxylation is 1. The molecule has 3 nitrogen and oxygen atoms in total. The average molecular weight is 304 g/mol. The van der Waals surface area contributed by atoms with Crippen LogP contribution in [0.4, 0.5) is 4.39 Å². The van der Waals surface area contributed by atoms with E-state index >= 15 is 0 Å². The van der Waals surface area contributed by atoms with Crippen molar-refractivity contribution in [2.24, 2.45) is 0 Å². The minimum absolute atomic E-state index is 0.00209. The molecule has 1 aromatic heterocycles. The Kier molecular flexibility index (Phi) is 4.10. The Morgan fingerprint density at radius 2 is 1.95 bits per heavy atom. The number of thioether (sulfide) groups is 1. The van der Waals surface area contributed by atoms with Gasteiger partial charge in [-0.15, -0.1) is 0 Å². The number of halogens is 1. The van der Waals surface area contributed by atoms with Crippen molar-refractivity contribution in [1.29, 1.82) is 0 Å². The molecule has 21 heavy (non-hydrogen) atoms. The van der Waals surface area contributed by atoms with Gasteiger partial charge in [0.05, 0.1) is 11.4 Å². The summed E-state index contributed by atoms with van der Waals surface area (Å²) < 4.78 is 14.7. The van der Waals surface area contributed by atoms with Gasteiger partial charge in [-0.1, -0.05) is 18.7 Å². The highest BCUT2D eigenvalue weighted by Gasteiger charge is 2.20. The van der Waals surface area contributed by atoms with E-state index in [2.05, 4.69) is 0 Å². The quantitative estimate of drug-likeness (QED) is 0.644. The molecule has 0 saturated carbocycles. The summed E-state index contributed by atoms with van der Waals surface area (Å²) in [6, 6.07) is 6.02. The summed E-state index contributed by atoms with van der Waals surface area (Å²) in [6.45, 7) is 2.03. The van der Waals surface area contributed by atoms with Gasteiger partial charge in [-0.3, -0.25) is 9.36 Å². The fraction of sp³-hybridized carbons (Fsp3) is 0.375. The fourth-order valence-corrected chi connectivity index (χ4v) is 3.42. The fourth-order valence-electron chi connectivity index (χ4n) is 2.67. The molecule has 5 heteroatoms. The third-order valence-electron chi connectivity index (χ3n) is 3.68.